The number of sulfone groups is 1. The van der Waals surface area contributed by atoms with E-state index in [2.05, 4.69) is 5.32 Å². The molecule has 5 nitrogen and oxygen atoms in total. The summed E-state index contributed by atoms with van der Waals surface area (Å²) in [6.45, 7) is 0. The van der Waals surface area contributed by atoms with Crippen molar-refractivity contribution in [1.82, 2.24) is 5.32 Å². The Morgan fingerprint density at radius 2 is 1.60 bits per heavy atom. The van der Waals surface area contributed by atoms with E-state index in [-0.39, 0.29) is 39.2 Å². The molecule has 4 aliphatic rings. The lowest BCUT2D eigenvalue weighted by Gasteiger charge is -2.53. The normalized spacial score (nSPS) is 31.7. The van der Waals surface area contributed by atoms with Crippen LogP contribution in [-0.2, 0) is 14.6 Å². The zero-order chi connectivity index (χ0) is 17.7. The molecule has 0 unspecified atom stereocenters. The van der Waals surface area contributed by atoms with Gasteiger partial charge in [0.1, 0.15) is 5.75 Å². The van der Waals surface area contributed by atoms with Gasteiger partial charge in [0, 0.05) is 11.5 Å². The van der Waals surface area contributed by atoms with Gasteiger partial charge in [-0.25, -0.2) is 8.42 Å². The summed E-state index contributed by atoms with van der Waals surface area (Å²) in [6.07, 6.45) is 7.25. The van der Waals surface area contributed by atoms with Gasteiger partial charge in [0.2, 0.25) is 5.91 Å². The van der Waals surface area contributed by atoms with Crippen molar-refractivity contribution in [2.45, 2.75) is 61.8 Å². The van der Waals surface area contributed by atoms with Crippen LogP contribution in [0, 0.1) is 11.3 Å². The van der Waals surface area contributed by atoms with E-state index in [0.29, 0.717) is 0 Å². The van der Waals surface area contributed by atoms with Gasteiger partial charge in [-0.3, -0.25) is 4.79 Å². The van der Waals surface area contributed by atoms with Gasteiger partial charge < -0.3 is 10.4 Å². The summed E-state index contributed by atoms with van der Waals surface area (Å²) in [4.78, 5) is 12.4. The number of hydrogen-bond donors (Lipinski definition) is 2. The Balaban J connectivity index is 1.45. The Bertz CT molecular complexity index is 756. The van der Waals surface area contributed by atoms with E-state index in [1.54, 1.807) is 0 Å². The van der Waals surface area contributed by atoms with Crippen LogP contribution in [0.5, 0.6) is 5.75 Å². The number of amides is 1. The molecule has 136 valence electrons. The van der Waals surface area contributed by atoms with E-state index in [1.807, 2.05) is 0 Å². The average Bonchev–Trinajstić information content (AvgIpc) is 3.41. The second-order valence-corrected chi connectivity index (χ2v) is 10.3. The molecule has 0 radical (unpaired) electrons. The van der Waals surface area contributed by atoms with Crippen LogP contribution in [0.15, 0.2) is 29.2 Å². The van der Waals surface area contributed by atoms with Gasteiger partial charge in [0.05, 0.1) is 10.6 Å². The quantitative estimate of drug-likeness (QED) is 0.843. The van der Waals surface area contributed by atoms with E-state index in [0.717, 1.165) is 51.4 Å². The number of phenolic OH excluding ortho intramolecular Hbond substituents is 1. The van der Waals surface area contributed by atoms with Crippen LogP contribution in [0.4, 0.5) is 0 Å². The first-order chi connectivity index (χ1) is 11.8. The third kappa shape index (κ3) is 3.28. The molecule has 0 saturated heterocycles. The van der Waals surface area contributed by atoms with Gasteiger partial charge >= 0.3 is 0 Å². The number of carbonyl (C=O) groups excluding carboxylic acids is 1. The molecule has 6 heteroatoms. The number of hydrogen-bond acceptors (Lipinski definition) is 4. The SMILES string of the molecule is O=C(NC12CCC(CS(=O)(=O)c3ccc(O)cc3)(CC1)CC2)C1CC1. The van der Waals surface area contributed by atoms with Crippen LogP contribution in [0.2, 0.25) is 0 Å². The van der Waals surface area contributed by atoms with Crippen molar-refractivity contribution in [2.24, 2.45) is 11.3 Å². The number of benzene rings is 1. The molecule has 4 fully saturated rings. The Kier molecular flexibility index (Phi) is 3.87. The maximum atomic E-state index is 12.8. The molecule has 0 aromatic heterocycles. The van der Waals surface area contributed by atoms with E-state index < -0.39 is 9.84 Å². The fraction of sp³-hybridized carbons (Fsp3) is 0.632. The second kappa shape index (κ2) is 5.73. The van der Waals surface area contributed by atoms with Crippen molar-refractivity contribution in [3.8, 4) is 5.75 Å². The van der Waals surface area contributed by atoms with Crippen molar-refractivity contribution >= 4 is 15.7 Å². The Morgan fingerprint density at radius 3 is 2.12 bits per heavy atom. The van der Waals surface area contributed by atoms with Crippen LogP contribution >= 0.6 is 0 Å². The smallest absolute Gasteiger partial charge is 0.223 e. The second-order valence-electron chi connectivity index (χ2n) is 8.30. The van der Waals surface area contributed by atoms with E-state index in [4.69, 9.17) is 0 Å². The predicted octanol–water partition coefficient (Wildman–Crippen LogP) is 2.79. The molecule has 2 N–H and O–H groups in total. The molecule has 4 aliphatic carbocycles. The number of nitrogens with one attached hydrogen (secondary N) is 1. The first-order valence-electron chi connectivity index (χ1n) is 9.16. The molecule has 1 aromatic rings. The monoisotopic (exact) mass is 363 g/mol. The van der Waals surface area contributed by atoms with Gasteiger partial charge in [-0.2, -0.15) is 0 Å². The molecule has 0 spiro atoms. The minimum absolute atomic E-state index is 0.0728. The highest BCUT2D eigenvalue weighted by Crippen LogP contribution is 2.53. The van der Waals surface area contributed by atoms with Gasteiger partial charge in [-0.1, -0.05) is 0 Å². The standard InChI is InChI=1S/C19H25NO4S/c21-15-3-5-16(6-4-15)25(23,24)13-18-7-10-19(11-8-18,12-9-18)20-17(22)14-1-2-14/h3-6,14,21H,1-2,7-13H2,(H,20,22). The molecule has 2 bridgehead atoms. The summed E-state index contributed by atoms with van der Waals surface area (Å²) in [7, 11) is -3.37. The Morgan fingerprint density at radius 1 is 1.04 bits per heavy atom. The largest absolute Gasteiger partial charge is 0.508 e. The number of carbonyl (C=O) groups is 1. The summed E-state index contributed by atoms with van der Waals surface area (Å²) in [5.74, 6) is 0.657. The van der Waals surface area contributed by atoms with Crippen LogP contribution in [-0.4, -0.2) is 30.7 Å². The molecule has 1 aromatic carbocycles. The number of fused-ring (bicyclic) bond motifs is 3. The highest BCUT2D eigenvalue weighted by atomic mass is 32.2. The minimum Gasteiger partial charge on any atom is -0.508 e. The topological polar surface area (TPSA) is 83.5 Å². The van der Waals surface area contributed by atoms with E-state index in [1.165, 1.54) is 24.3 Å². The minimum atomic E-state index is -3.37. The summed E-state index contributed by atoms with van der Waals surface area (Å²) >= 11 is 0. The number of aromatic hydroxyl groups is 1. The average molecular weight is 363 g/mol. The lowest BCUT2D eigenvalue weighted by Crippen LogP contribution is -2.58. The van der Waals surface area contributed by atoms with Gasteiger partial charge in [0.25, 0.3) is 0 Å². The fourth-order valence-corrected chi connectivity index (χ4v) is 6.47. The summed E-state index contributed by atoms with van der Waals surface area (Å²) in [5, 5.41) is 12.6. The predicted molar refractivity (Wildman–Crippen MR) is 93.9 cm³/mol. The maximum absolute atomic E-state index is 12.8. The zero-order valence-electron chi connectivity index (χ0n) is 14.3. The summed E-state index contributed by atoms with van der Waals surface area (Å²) in [6, 6.07) is 5.80. The summed E-state index contributed by atoms with van der Waals surface area (Å²) < 4.78 is 25.6. The molecule has 1 amide bonds. The molecule has 25 heavy (non-hydrogen) atoms. The Labute approximate surface area is 148 Å². The first kappa shape index (κ1) is 16.9. The number of phenols is 1. The van der Waals surface area contributed by atoms with Crippen LogP contribution < -0.4 is 5.32 Å². The molecule has 5 rings (SSSR count). The van der Waals surface area contributed by atoms with Crippen LogP contribution in [0.25, 0.3) is 0 Å². The highest BCUT2D eigenvalue weighted by Gasteiger charge is 2.51. The van der Waals surface area contributed by atoms with Crippen LogP contribution in [0.1, 0.15) is 51.4 Å². The highest BCUT2D eigenvalue weighted by molar-refractivity contribution is 7.91. The third-order valence-corrected chi connectivity index (χ3v) is 8.41. The molecule has 4 saturated carbocycles. The molecule has 0 heterocycles. The number of rotatable bonds is 5. The lowest BCUT2D eigenvalue weighted by atomic mass is 9.58. The third-order valence-electron chi connectivity index (χ3n) is 6.43. The van der Waals surface area contributed by atoms with Crippen molar-refractivity contribution in [2.75, 3.05) is 5.75 Å². The van der Waals surface area contributed by atoms with Crippen molar-refractivity contribution < 1.29 is 18.3 Å². The van der Waals surface area contributed by atoms with Crippen molar-refractivity contribution in [3.05, 3.63) is 24.3 Å². The van der Waals surface area contributed by atoms with E-state index >= 15 is 0 Å². The molecule has 0 atom stereocenters. The maximum Gasteiger partial charge on any atom is 0.223 e. The van der Waals surface area contributed by atoms with Gasteiger partial charge in [-0.05, 0) is 81.0 Å². The van der Waals surface area contributed by atoms with Crippen molar-refractivity contribution in [1.29, 1.82) is 0 Å². The lowest BCUT2D eigenvalue weighted by molar-refractivity contribution is -0.126. The Hall–Kier alpha value is -1.56. The van der Waals surface area contributed by atoms with E-state index in [9.17, 15) is 18.3 Å². The molecular formula is C19H25NO4S. The molecular weight excluding hydrogens is 338 g/mol. The van der Waals surface area contributed by atoms with Gasteiger partial charge in [0.15, 0.2) is 9.84 Å². The van der Waals surface area contributed by atoms with Crippen molar-refractivity contribution in [3.63, 3.8) is 0 Å². The molecule has 0 aliphatic heterocycles. The summed E-state index contributed by atoms with van der Waals surface area (Å²) in [5.41, 5.74) is -0.257. The fourth-order valence-electron chi connectivity index (χ4n) is 4.52. The first-order valence-corrected chi connectivity index (χ1v) is 10.8. The zero-order valence-corrected chi connectivity index (χ0v) is 15.1. The van der Waals surface area contributed by atoms with Gasteiger partial charge in [-0.15, -0.1) is 0 Å². The van der Waals surface area contributed by atoms with Crippen LogP contribution in [0.3, 0.4) is 0 Å².